The van der Waals surface area contributed by atoms with Gasteiger partial charge in [0.15, 0.2) is 6.10 Å². The maximum absolute atomic E-state index is 13.7. The Balaban J connectivity index is 1.23. The fourth-order valence-electron chi connectivity index (χ4n) is 5.44. The number of para-hydroxylation sites is 1. The Morgan fingerprint density at radius 2 is 1.21 bits per heavy atom. The molecule has 0 saturated carbocycles. The topological polar surface area (TPSA) is 61.9 Å². The largest absolute Gasteiger partial charge is 0.481 e. The number of benzene rings is 4. The number of nitrogens with zero attached hydrogens (tertiary/aromatic N) is 2. The van der Waals surface area contributed by atoms with Crippen molar-refractivity contribution in [2.75, 3.05) is 31.5 Å². The van der Waals surface area contributed by atoms with Crippen LogP contribution in [0.3, 0.4) is 0 Å². The van der Waals surface area contributed by atoms with E-state index < -0.39 is 6.10 Å². The highest BCUT2D eigenvalue weighted by molar-refractivity contribution is 6.04. The summed E-state index contributed by atoms with van der Waals surface area (Å²) in [6, 6.07) is 36.2. The molecule has 0 spiro atoms. The van der Waals surface area contributed by atoms with Gasteiger partial charge in [0.05, 0.1) is 17.3 Å². The molecular formula is C36H39N3O3. The van der Waals surface area contributed by atoms with E-state index in [1.165, 1.54) is 16.7 Å². The lowest BCUT2D eigenvalue weighted by Gasteiger charge is -2.40. The van der Waals surface area contributed by atoms with Crippen LogP contribution in [-0.2, 0) is 4.79 Å². The van der Waals surface area contributed by atoms with Crippen LogP contribution in [0.25, 0.3) is 0 Å². The molecule has 4 aromatic rings. The van der Waals surface area contributed by atoms with Gasteiger partial charge in [-0.15, -0.1) is 0 Å². The van der Waals surface area contributed by atoms with E-state index in [9.17, 15) is 9.59 Å². The SMILES string of the molecule is CC(Oc1ccc(C(C)C)cc1)C(=O)Nc1ccccc1C(=O)N1CCN(C(c2ccccc2)c2ccccc2)CC1. The second kappa shape index (κ2) is 13.5. The van der Waals surface area contributed by atoms with Crippen LogP contribution < -0.4 is 10.1 Å². The smallest absolute Gasteiger partial charge is 0.265 e. The second-order valence-electron chi connectivity index (χ2n) is 11.1. The van der Waals surface area contributed by atoms with E-state index in [0.717, 1.165) is 13.1 Å². The van der Waals surface area contributed by atoms with E-state index in [-0.39, 0.29) is 17.9 Å². The average Bonchev–Trinajstić information content (AvgIpc) is 3.03. The molecule has 42 heavy (non-hydrogen) atoms. The highest BCUT2D eigenvalue weighted by atomic mass is 16.5. The molecule has 6 nitrogen and oxygen atoms in total. The molecule has 216 valence electrons. The van der Waals surface area contributed by atoms with Crippen LogP contribution in [0.4, 0.5) is 5.69 Å². The minimum absolute atomic E-state index is 0.0839. The van der Waals surface area contributed by atoms with Crippen LogP contribution in [0.2, 0.25) is 0 Å². The van der Waals surface area contributed by atoms with Crippen molar-refractivity contribution >= 4 is 17.5 Å². The average molecular weight is 562 g/mol. The number of carbonyl (C=O) groups excluding carboxylic acids is 2. The molecule has 0 bridgehead atoms. The Bertz CT molecular complexity index is 1420. The van der Waals surface area contributed by atoms with Crippen LogP contribution in [-0.4, -0.2) is 53.9 Å². The van der Waals surface area contributed by atoms with E-state index in [1.807, 2.05) is 53.4 Å². The van der Waals surface area contributed by atoms with E-state index >= 15 is 0 Å². The summed E-state index contributed by atoms with van der Waals surface area (Å²) < 4.78 is 5.89. The van der Waals surface area contributed by atoms with Gasteiger partial charge < -0.3 is 15.0 Å². The maximum atomic E-state index is 13.7. The first-order chi connectivity index (χ1) is 20.4. The zero-order chi connectivity index (χ0) is 29.5. The molecule has 0 radical (unpaired) electrons. The molecule has 1 saturated heterocycles. The number of ether oxygens (including phenoxy) is 1. The molecule has 6 heteroatoms. The number of anilines is 1. The van der Waals surface area contributed by atoms with E-state index in [1.54, 1.807) is 19.1 Å². The third kappa shape index (κ3) is 6.89. The van der Waals surface area contributed by atoms with E-state index in [2.05, 4.69) is 72.6 Å². The molecule has 1 N–H and O–H groups in total. The first-order valence-electron chi connectivity index (χ1n) is 14.7. The number of carbonyl (C=O) groups is 2. The van der Waals surface area contributed by atoms with Crippen molar-refractivity contribution in [3.05, 3.63) is 131 Å². The molecule has 1 heterocycles. The molecule has 0 aliphatic carbocycles. The quantitative estimate of drug-likeness (QED) is 0.245. The number of amides is 2. The summed E-state index contributed by atoms with van der Waals surface area (Å²) in [7, 11) is 0. The van der Waals surface area contributed by atoms with Crippen molar-refractivity contribution < 1.29 is 14.3 Å². The fraction of sp³-hybridized carbons (Fsp3) is 0.278. The van der Waals surface area contributed by atoms with Crippen molar-refractivity contribution in [3.8, 4) is 5.75 Å². The molecular weight excluding hydrogens is 522 g/mol. The Morgan fingerprint density at radius 3 is 1.79 bits per heavy atom. The summed E-state index contributed by atoms with van der Waals surface area (Å²) >= 11 is 0. The van der Waals surface area contributed by atoms with Crippen molar-refractivity contribution in [2.45, 2.75) is 38.8 Å². The van der Waals surface area contributed by atoms with Gasteiger partial charge in [0.1, 0.15) is 5.75 Å². The van der Waals surface area contributed by atoms with Gasteiger partial charge in [-0.3, -0.25) is 14.5 Å². The number of rotatable bonds is 9. The van der Waals surface area contributed by atoms with Crippen molar-refractivity contribution in [1.82, 2.24) is 9.80 Å². The van der Waals surface area contributed by atoms with Gasteiger partial charge >= 0.3 is 0 Å². The van der Waals surface area contributed by atoms with E-state index in [0.29, 0.717) is 36.0 Å². The van der Waals surface area contributed by atoms with Gasteiger partial charge in [-0.25, -0.2) is 0 Å². The first kappa shape index (κ1) is 29.1. The second-order valence-corrected chi connectivity index (χ2v) is 11.1. The molecule has 5 rings (SSSR count). The number of hydrogen-bond donors (Lipinski definition) is 1. The van der Waals surface area contributed by atoms with Crippen molar-refractivity contribution in [3.63, 3.8) is 0 Å². The summed E-state index contributed by atoms with van der Waals surface area (Å²) in [6.45, 7) is 8.68. The molecule has 1 fully saturated rings. The Kier molecular flexibility index (Phi) is 9.35. The van der Waals surface area contributed by atoms with Gasteiger partial charge in [-0.2, -0.15) is 0 Å². The monoisotopic (exact) mass is 561 g/mol. The highest BCUT2D eigenvalue weighted by Gasteiger charge is 2.29. The molecule has 1 atom stereocenters. The normalized spacial score (nSPS) is 14.5. The molecule has 1 aliphatic rings. The van der Waals surface area contributed by atoms with E-state index in [4.69, 9.17) is 4.74 Å². The predicted octanol–water partition coefficient (Wildman–Crippen LogP) is 6.76. The lowest BCUT2D eigenvalue weighted by molar-refractivity contribution is -0.122. The van der Waals surface area contributed by atoms with Gasteiger partial charge in [0, 0.05) is 26.2 Å². The summed E-state index contributed by atoms with van der Waals surface area (Å²) in [6.07, 6.45) is -0.727. The summed E-state index contributed by atoms with van der Waals surface area (Å²) in [5.41, 5.74) is 4.67. The highest BCUT2D eigenvalue weighted by Crippen LogP contribution is 2.30. The van der Waals surface area contributed by atoms with Crippen LogP contribution in [0.5, 0.6) is 5.75 Å². The third-order valence-corrected chi connectivity index (χ3v) is 7.84. The zero-order valence-electron chi connectivity index (χ0n) is 24.6. The third-order valence-electron chi connectivity index (χ3n) is 7.84. The summed E-state index contributed by atoms with van der Waals surface area (Å²) in [4.78, 5) is 31.1. The lowest BCUT2D eigenvalue weighted by atomic mass is 9.96. The molecule has 1 unspecified atom stereocenters. The molecule has 4 aromatic carbocycles. The van der Waals surface area contributed by atoms with Gasteiger partial charge in [-0.05, 0) is 53.8 Å². The first-order valence-corrected chi connectivity index (χ1v) is 14.7. The number of piperazine rings is 1. The van der Waals surface area contributed by atoms with Gasteiger partial charge in [0.2, 0.25) is 0 Å². The fourth-order valence-corrected chi connectivity index (χ4v) is 5.44. The van der Waals surface area contributed by atoms with Crippen LogP contribution >= 0.6 is 0 Å². The summed E-state index contributed by atoms with van der Waals surface area (Å²) in [5.74, 6) is 0.667. The van der Waals surface area contributed by atoms with Crippen LogP contribution in [0.1, 0.15) is 59.8 Å². The zero-order valence-corrected chi connectivity index (χ0v) is 24.6. The lowest BCUT2D eigenvalue weighted by Crippen LogP contribution is -2.50. The van der Waals surface area contributed by atoms with Crippen LogP contribution in [0.15, 0.2) is 109 Å². The van der Waals surface area contributed by atoms with Crippen molar-refractivity contribution in [2.24, 2.45) is 0 Å². The Morgan fingerprint density at radius 1 is 0.667 bits per heavy atom. The molecule has 2 amide bonds. The predicted molar refractivity (Wildman–Crippen MR) is 168 cm³/mol. The van der Waals surface area contributed by atoms with Crippen LogP contribution in [0, 0.1) is 0 Å². The number of hydrogen-bond acceptors (Lipinski definition) is 4. The Labute approximate surface area is 248 Å². The van der Waals surface area contributed by atoms with Crippen molar-refractivity contribution in [1.29, 1.82) is 0 Å². The standard InChI is InChI=1S/C36H39N3O3/c1-26(2)28-18-20-31(21-19-28)42-27(3)35(40)37-33-17-11-10-16-32(33)36(41)39-24-22-38(23-25-39)34(29-12-6-4-7-13-29)30-14-8-5-9-15-30/h4-21,26-27,34H,22-25H2,1-3H3,(H,37,40). The molecule has 0 aromatic heterocycles. The Hall–Kier alpha value is -4.42. The maximum Gasteiger partial charge on any atom is 0.265 e. The van der Waals surface area contributed by atoms with Gasteiger partial charge in [0.25, 0.3) is 11.8 Å². The summed E-state index contributed by atoms with van der Waals surface area (Å²) in [5, 5.41) is 2.93. The molecule has 1 aliphatic heterocycles. The minimum Gasteiger partial charge on any atom is -0.481 e. The minimum atomic E-state index is -0.727. The number of nitrogens with one attached hydrogen (secondary N) is 1. The van der Waals surface area contributed by atoms with Gasteiger partial charge in [-0.1, -0.05) is 98.8 Å².